The van der Waals surface area contributed by atoms with Crippen molar-refractivity contribution in [1.82, 2.24) is 14.9 Å². The average Bonchev–Trinajstić information content (AvgIpc) is 3.13. The number of aromatic nitrogens is 2. The summed E-state index contributed by atoms with van der Waals surface area (Å²) in [5.41, 5.74) is 2.03. The van der Waals surface area contributed by atoms with Gasteiger partial charge in [0.25, 0.3) is 0 Å². The number of halogens is 2. The van der Waals surface area contributed by atoms with Crippen molar-refractivity contribution < 1.29 is 9.13 Å². The molecule has 0 amide bonds. The lowest BCUT2D eigenvalue weighted by atomic mass is 10.1. The molecule has 3 heterocycles. The molecule has 0 bridgehead atoms. The fraction of sp³-hybridized carbons (Fsp3) is 0.529. The van der Waals surface area contributed by atoms with Crippen LogP contribution >= 0.6 is 11.6 Å². The van der Waals surface area contributed by atoms with Crippen LogP contribution in [0.15, 0.2) is 6.07 Å². The number of likely N-dealkylation sites (N-methyl/N-ethyl adjacent to an activating group) is 1. The summed E-state index contributed by atoms with van der Waals surface area (Å²) < 4.78 is 20.0. The van der Waals surface area contributed by atoms with Crippen molar-refractivity contribution in [3.05, 3.63) is 28.2 Å². The van der Waals surface area contributed by atoms with Gasteiger partial charge in [0.05, 0.1) is 13.2 Å². The van der Waals surface area contributed by atoms with Gasteiger partial charge in [0.2, 0.25) is 5.95 Å². The van der Waals surface area contributed by atoms with E-state index < -0.39 is 0 Å². The Morgan fingerprint density at radius 1 is 1.33 bits per heavy atom. The number of benzene rings is 1. The first kappa shape index (κ1) is 16.0. The summed E-state index contributed by atoms with van der Waals surface area (Å²) in [5, 5.41) is 0.890. The van der Waals surface area contributed by atoms with E-state index in [9.17, 15) is 4.39 Å². The van der Waals surface area contributed by atoms with Gasteiger partial charge in [0.1, 0.15) is 16.5 Å². The predicted octanol–water partition coefficient (Wildman–Crippen LogP) is 2.98. The van der Waals surface area contributed by atoms with Crippen molar-refractivity contribution in [3.8, 4) is 0 Å². The molecule has 24 heavy (non-hydrogen) atoms. The summed E-state index contributed by atoms with van der Waals surface area (Å²) >= 11 is 6.43. The van der Waals surface area contributed by atoms with Gasteiger partial charge in [-0.25, -0.2) is 14.4 Å². The van der Waals surface area contributed by atoms with Crippen LogP contribution in [0.4, 0.5) is 10.3 Å². The highest BCUT2D eigenvalue weighted by atomic mass is 35.5. The Bertz CT molecular complexity index is 813. The van der Waals surface area contributed by atoms with E-state index in [0.717, 1.165) is 24.1 Å². The quantitative estimate of drug-likeness (QED) is 0.779. The Kier molecular flexibility index (Phi) is 3.86. The minimum atomic E-state index is -0.365. The van der Waals surface area contributed by atoms with Gasteiger partial charge in [-0.15, -0.1) is 0 Å². The predicted molar refractivity (Wildman–Crippen MR) is 91.9 cm³/mol. The molecule has 7 heteroatoms. The van der Waals surface area contributed by atoms with E-state index in [4.69, 9.17) is 16.3 Å². The molecule has 2 aliphatic heterocycles. The highest BCUT2D eigenvalue weighted by molar-refractivity contribution is 6.34. The molecule has 1 aromatic heterocycles. The lowest BCUT2D eigenvalue weighted by molar-refractivity contribution is 0.135. The molecule has 128 valence electrons. The Morgan fingerprint density at radius 2 is 2.12 bits per heavy atom. The molecule has 2 aromatic rings. The average molecular weight is 351 g/mol. The summed E-state index contributed by atoms with van der Waals surface area (Å²) in [6, 6.07) is 2.17. The maximum absolute atomic E-state index is 14.6. The van der Waals surface area contributed by atoms with Crippen molar-refractivity contribution in [2.45, 2.75) is 38.6 Å². The van der Waals surface area contributed by atoms with Crippen LogP contribution in [0.2, 0.25) is 5.15 Å². The summed E-state index contributed by atoms with van der Waals surface area (Å²) in [4.78, 5) is 13.3. The zero-order valence-corrected chi connectivity index (χ0v) is 14.8. The minimum absolute atomic E-state index is 0.245. The molecular formula is C17H20ClFN4O. The molecule has 0 saturated carbocycles. The standard InChI is InChI=1S/C17H20ClFN4O/c1-9-13(22(2)3)4-5-23(9)17-20-15-12(19)6-10-7-24-8-11(10)14(15)16(18)21-17/h6,9,13H,4-5,7-8H2,1-3H3/t9-,13-/m0/s1. The van der Waals surface area contributed by atoms with E-state index in [1.54, 1.807) is 0 Å². The van der Waals surface area contributed by atoms with Crippen LogP contribution in [0.25, 0.3) is 10.9 Å². The lowest BCUT2D eigenvalue weighted by Crippen LogP contribution is -2.40. The second kappa shape index (κ2) is 5.79. The number of nitrogens with zero attached hydrogens (tertiary/aromatic N) is 4. The Labute approximate surface area is 145 Å². The number of hydrogen-bond donors (Lipinski definition) is 0. The third-order valence-electron chi connectivity index (χ3n) is 5.21. The normalized spacial score (nSPS) is 23.5. The summed E-state index contributed by atoms with van der Waals surface area (Å²) in [5.74, 6) is 0.137. The minimum Gasteiger partial charge on any atom is -0.372 e. The van der Waals surface area contributed by atoms with Crippen molar-refractivity contribution in [2.75, 3.05) is 25.5 Å². The first-order valence-corrected chi connectivity index (χ1v) is 8.53. The zero-order valence-electron chi connectivity index (χ0n) is 14.0. The molecular weight excluding hydrogens is 331 g/mol. The fourth-order valence-corrected chi connectivity index (χ4v) is 4.19. The topological polar surface area (TPSA) is 41.5 Å². The molecule has 1 aromatic carbocycles. The molecule has 1 saturated heterocycles. The first-order valence-electron chi connectivity index (χ1n) is 8.15. The van der Waals surface area contributed by atoms with Crippen LogP contribution in [0.3, 0.4) is 0 Å². The van der Waals surface area contributed by atoms with Crippen molar-refractivity contribution in [1.29, 1.82) is 0 Å². The lowest BCUT2D eigenvalue weighted by Gasteiger charge is -2.28. The first-order chi connectivity index (χ1) is 11.5. The van der Waals surface area contributed by atoms with Crippen molar-refractivity contribution in [2.24, 2.45) is 0 Å². The monoisotopic (exact) mass is 350 g/mol. The van der Waals surface area contributed by atoms with E-state index in [1.807, 2.05) is 0 Å². The van der Waals surface area contributed by atoms with E-state index in [0.29, 0.717) is 35.7 Å². The molecule has 4 rings (SSSR count). The highest BCUT2D eigenvalue weighted by Crippen LogP contribution is 2.35. The van der Waals surface area contributed by atoms with Gasteiger partial charge in [-0.3, -0.25) is 0 Å². The molecule has 0 unspecified atom stereocenters. The van der Waals surface area contributed by atoms with Crippen LogP contribution in [0.5, 0.6) is 0 Å². The SMILES string of the molecule is C[C@H]1[C@@H](N(C)C)CCN1c1nc(Cl)c2c3c(cc(F)c2n1)COC3. The largest absolute Gasteiger partial charge is 0.372 e. The van der Waals surface area contributed by atoms with Crippen LogP contribution in [0, 0.1) is 5.82 Å². The van der Waals surface area contributed by atoms with Crippen molar-refractivity contribution >= 4 is 28.5 Å². The Balaban J connectivity index is 1.82. The summed E-state index contributed by atoms with van der Waals surface area (Å²) in [6.07, 6.45) is 1.02. The molecule has 5 nitrogen and oxygen atoms in total. The number of ether oxygens (including phenoxy) is 1. The van der Waals surface area contributed by atoms with Gasteiger partial charge in [-0.1, -0.05) is 11.6 Å². The Morgan fingerprint density at radius 3 is 2.83 bits per heavy atom. The third-order valence-corrected chi connectivity index (χ3v) is 5.48. The smallest absolute Gasteiger partial charge is 0.227 e. The molecule has 0 N–H and O–H groups in total. The van der Waals surface area contributed by atoms with E-state index in [2.05, 4.69) is 40.8 Å². The second-order valence-corrected chi connectivity index (χ2v) is 7.14. The third kappa shape index (κ3) is 2.36. The van der Waals surface area contributed by atoms with E-state index >= 15 is 0 Å². The maximum Gasteiger partial charge on any atom is 0.227 e. The molecule has 0 spiro atoms. The maximum atomic E-state index is 14.6. The molecule has 2 atom stereocenters. The van der Waals surface area contributed by atoms with Crippen LogP contribution in [0.1, 0.15) is 24.5 Å². The highest BCUT2D eigenvalue weighted by Gasteiger charge is 2.34. The number of hydrogen-bond acceptors (Lipinski definition) is 5. The molecule has 2 aliphatic rings. The summed E-state index contributed by atoms with van der Waals surface area (Å²) in [7, 11) is 4.14. The van der Waals surface area contributed by atoms with Gasteiger partial charge in [-0.05, 0) is 44.6 Å². The van der Waals surface area contributed by atoms with Crippen LogP contribution in [-0.4, -0.2) is 47.6 Å². The zero-order chi connectivity index (χ0) is 17.0. The van der Waals surface area contributed by atoms with E-state index in [1.165, 1.54) is 6.07 Å². The van der Waals surface area contributed by atoms with Gasteiger partial charge in [0.15, 0.2) is 0 Å². The molecule has 0 aliphatic carbocycles. The number of fused-ring (bicyclic) bond motifs is 3. The van der Waals surface area contributed by atoms with Gasteiger partial charge < -0.3 is 14.5 Å². The molecule has 0 radical (unpaired) electrons. The van der Waals surface area contributed by atoms with Gasteiger partial charge in [0, 0.05) is 24.0 Å². The number of anilines is 1. The number of rotatable bonds is 2. The molecule has 1 fully saturated rings. The van der Waals surface area contributed by atoms with Crippen molar-refractivity contribution in [3.63, 3.8) is 0 Å². The van der Waals surface area contributed by atoms with Crippen LogP contribution < -0.4 is 4.90 Å². The second-order valence-electron chi connectivity index (χ2n) is 6.78. The fourth-order valence-electron chi connectivity index (χ4n) is 3.91. The van der Waals surface area contributed by atoms with Crippen LogP contribution in [-0.2, 0) is 18.0 Å². The summed E-state index contributed by atoms with van der Waals surface area (Å²) in [6.45, 7) is 3.82. The van der Waals surface area contributed by atoms with E-state index in [-0.39, 0.29) is 17.4 Å². The van der Waals surface area contributed by atoms with Gasteiger partial charge >= 0.3 is 0 Å². The Hall–Kier alpha value is -1.50. The van der Waals surface area contributed by atoms with Gasteiger partial charge in [-0.2, -0.15) is 0 Å².